The molecule has 0 atom stereocenters. The van der Waals surface area contributed by atoms with E-state index in [4.69, 9.17) is 0 Å². The molecule has 0 bridgehead atoms. The average Bonchev–Trinajstić information content (AvgIpc) is 3.45. The summed E-state index contributed by atoms with van der Waals surface area (Å²) in [5.41, 5.74) is 4.46. The van der Waals surface area contributed by atoms with Gasteiger partial charge in [-0.15, -0.1) is 0 Å². The predicted molar refractivity (Wildman–Crippen MR) is 132 cm³/mol. The molecule has 1 aromatic heterocycles. The summed E-state index contributed by atoms with van der Waals surface area (Å²) in [6.45, 7) is 0. The molecule has 0 unspecified atom stereocenters. The summed E-state index contributed by atoms with van der Waals surface area (Å²) < 4.78 is 27.1. The van der Waals surface area contributed by atoms with Gasteiger partial charge in [0.1, 0.15) is 0 Å². The second-order valence-electron chi connectivity index (χ2n) is 7.78. The van der Waals surface area contributed by atoms with E-state index in [0.29, 0.717) is 22.6 Å². The summed E-state index contributed by atoms with van der Waals surface area (Å²) in [7, 11) is 0. The lowest BCUT2D eigenvalue weighted by Gasteiger charge is -2.12. The van der Waals surface area contributed by atoms with Crippen molar-refractivity contribution in [3.05, 3.63) is 102 Å². The maximum atomic E-state index is 13.8. The van der Waals surface area contributed by atoms with Crippen molar-refractivity contribution in [1.82, 2.24) is 4.98 Å². The van der Waals surface area contributed by atoms with E-state index in [1.165, 1.54) is 12.1 Å². The number of carbonyl (C=O) groups excluding carboxylic acids is 2. The van der Waals surface area contributed by atoms with Crippen LogP contribution in [0.2, 0.25) is 0 Å². The van der Waals surface area contributed by atoms with Crippen molar-refractivity contribution in [2.24, 2.45) is 0 Å². The lowest BCUT2D eigenvalue weighted by Crippen LogP contribution is -2.20. The average molecular weight is 471 g/mol. The van der Waals surface area contributed by atoms with E-state index in [0.717, 1.165) is 23.0 Å². The number of rotatable bonds is 5. The Kier molecular flexibility index (Phi) is 5.72. The molecule has 5 rings (SSSR count). The normalized spacial score (nSPS) is 13.3. The Balaban J connectivity index is 1.29. The van der Waals surface area contributed by atoms with Crippen molar-refractivity contribution in [2.75, 3.05) is 21.3 Å². The molecule has 3 aromatic carbocycles. The van der Waals surface area contributed by atoms with Crippen molar-refractivity contribution in [3.63, 3.8) is 0 Å². The quantitative estimate of drug-likeness (QED) is 0.225. The van der Waals surface area contributed by atoms with Crippen LogP contribution in [0.1, 0.15) is 11.3 Å². The summed E-state index contributed by atoms with van der Waals surface area (Å²) in [5.74, 6) is -2.36. The van der Waals surface area contributed by atoms with Crippen molar-refractivity contribution < 1.29 is 18.4 Å². The van der Waals surface area contributed by atoms with E-state index in [9.17, 15) is 18.4 Å². The number of aromatic amines is 1. The predicted octanol–water partition coefficient (Wildman–Crippen LogP) is 6.17. The van der Waals surface area contributed by atoms with Gasteiger partial charge in [0.15, 0.2) is 11.6 Å². The first kappa shape index (κ1) is 21.9. The summed E-state index contributed by atoms with van der Waals surface area (Å²) in [6.07, 6.45) is 3.59. The fourth-order valence-corrected chi connectivity index (χ4v) is 3.73. The molecule has 3 amide bonds. The molecule has 5 N–H and O–H groups in total. The zero-order chi connectivity index (χ0) is 24.4. The van der Waals surface area contributed by atoms with Gasteiger partial charge in [-0.3, -0.25) is 4.79 Å². The highest BCUT2D eigenvalue weighted by molar-refractivity contribution is 6.35. The molecule has 2 heterocycles. The minimum Gasteiger partial charge on any atom is -0.362 e. The third-order valence-electron chi connectivity index (χ3n) is 5.33. The van der Waals surface area contributed by atoms with E-state index in [1.807, 2.05) is 30.3 Å². The Morgan fingerprint density at radius 3 is 2.49 bits per heavy atom. The van der Waals surface area contributed by atoms with Crippen LogP contribution in [-0.4, -0.2) is 16.9 Å². The maximum absolute atomic E-state index is 13.8. The van der Waals surface area contributed by atoms with Crippen molar-refractivity contribution in [2.45, 2.75) is 0 Å². The number of anilines is 5. The van der Waals surface area contributed by atoms with Crippen molar-refractivity contribution in [1.29, 1.82) is 0 Å². The molecule has 0 aliphatic carbocycles. The molecule has 0 saturated heterocycles. The van der Waals surface area contributed by atoms with Gasteiger partial charge in [-0.1, -0.05) is 18.2 Å². The Hall–Kier alpha value is -4.92. The van der Waals surface area contributed by atoms with Crippen LogP contribution in [-0.2, 0) is 4.79 Å². The molecule has 1 aliphatic heterocycles. The summed E-state index contributed by atoms with van der Waals surface area (Å²) in [4.78, 5) is 27.7. The van der Waals surface area contributed by atoms with Gasteiger partial charge in [-0.25, -0.2) is 13.6 Å². The zero-order valence-corrected chi connectivity index (χ0v) is 18.2. The second-order valence-corrected chi connectivity index (χ2v) is 7.78. The number of urea groups is 1. The molecule has 7 nitrogen and oxygen atoms in total. The van der Waals surface area contributed by atoms with Gasteiger partial charge >= 0.3 is 6.03 Å². The number of nitrogens with one attached hydrogen (secondary N) is 5. The number of halogens is 2. The van der Waals surface area contributed by atoms with Crippen LogP contribution in [0.25, 0.3) is 11.6 Å². The number of hydrogen-bond donors (Lipinski definition) is 5. The van der Waals surface area contributed by atoms with Crippen LogP contribution >= 0.6 is 0 Å². The number of carbonyl (C=O) groups is 2. The first-order valence-electron chi connectivity index (χ1n) is 10.7. The van der Waals surface area contributed by atoms with Gasteiger partial charge in [0.25, 0.3) is 5.91 Å². The second kappa shape index (κ2) is 9.14. The van der Waals surface area contributed by atoms with E-state index >= 15 is 0 Å². The smallest absolute Gasteiger partial charge is 0.323 e. The van der Waals surface area contributed by atoms with Crippen molar-refractivity contribution in [3.8, 4) is 0 Å². The van der Waals surface area contributed by atoms with E-state index in [-0.39, 0.29) is 11.6 Å². The largest absolute Gasteiger partial charge is 0.362 e. The number of H-pyrrole nitrogens is 1. The topological polar surface area (TPSA) is 98.1 Å². The van der Waals surface area contributed by atoms with Gasteiger partial charge in [-0.05, 0) is 60.7 Å². The van der Waals surface area contributed by atoms with E-state index < -0.39 is 17.7 Å². The van der Waals surface area contributed by atoms with Gasteiger partial charge in [-0.2, -0.15) is 0 Å². The van der Waals surface area contributed by atoms with Crippen LogP contribution in [0.15, 0.2) is 79.0 Å². The Morgan fingerprint density at radius 1 is 0.857 bits per heavy atom. The number of aromatic nitrogens is 1. The lowest BCUT2D eigenvalue weighted by atomic mass is 10.1. The summed E-state index contributed by atoms with van der Waals surface area (Å²) >= 11 is 0. The van der Waals surface area contributed by atoms with Crippen LogP contribution in [0.5, 0.6) is 0 Å². The van der Waals surface area contributed by atoms with Crippen molar-refractivity contribution >= 4 is 52.0 Å². The van der Waals surface area contributed by atoms with Crippen LogP contribution in [0.4, 0.5) is 42.0 Å². The lowest BCUT2D eigenvalue weighted by molar-refractivity contribution is -0.110. The molecule has 0 fully saturated rings. The van der Waals surface area contributed by atoms with Gasteiger partial charge in [0.05, 0.1) is 16.9 Å². The van der Waals surface area contributed by atoms with Gasteiger partial charge in [0.2, 0.25) is 0 Å². The molecule has 0 radical (unpaired) electrons. The maximum Gasteiger partial charge on any atom is 0.323 e. The number of benzene rings is 3. The molecule has 174 valence electrons. The highest BCUT2D eigenvalue weighted by Gasteiger charge is 2.24. The minimum atomic E-state index is -1.13. The SMILES string of the molecule is O=C(Nc1cccc(Nc2ccc3c(c2)NC(=O)C3=Cc2ccc[nH]2)c1)Nc1cccc(F)c1F. The van der Waals surface area contributed by atoms with E-state index in [1.54, 1.807) is 36.5 Å². The fraction of sp³-hybridized carbons (Fsp3) is 0. The fourth-order valence-electron chi connectivity index (χ4n) is 3.73. The Labute approximate surface area is 198 Å². The van der Waals surface area contributed by atoms with Crippen LogP contribution in [0.3, 0.4) is 0 Å². The van der Waals surface area contributed by atoms with Gasteiger partial charge in [0, 0.05) is 34.5 Å². The van der Waals surface area contributed by atoms with Gasteiger partial charge < -0.3 is 26.3 Å². The Bertz CT molecular complexity index is 1460. The third-order valence-corrected chi connectivity index (χ3v) is 5.33. The molecule has 4 aromatic rings. The molecular formula is C26H19F2N5O2. The standard InChI is InChI=1S/C26H19F2N5O2/c27-21-7-2-8-22(24(21)28)33-26(35)31-17-5-1-4-16(12-17)30-18-9-10-19-20(13-15-6-3-11-29-15)25(34)32-23(19)14-18/h1-14,29-30H,(H,32,34)(H2,31,33,35). The first-order chi connectivity index (χ1) is 17.0. The minimum absolute atomic E-state index is 0.182. The van der Waals surface area contributed by atoms with Crippen LogP contribution < -0.4 is 21.3 Å². The molecule has 0 saturated carbocycles. The summed E-state index contributed by atoms with van der Waals surface area (Å²) in [5, 5.41) is 11.0. The molecule has 0 spiro atoms. The monoisotopic (exact) mass is 471 g/mol. The molecule has 35 heavy (non-hydrogen) atoms. The highest BCUT2D eigenvalue weighted by atomic mass is 19.2. The molecule has 1 aliphatic rings. The van der Waals surface area contributed by atoms with E-state index in [2.05, 4.69) is 26.3 Å². The highest BCUT2D eigenvalue weighted by Crippen LogP contribution is 2.35. The van der Waals surface area contributed by atoms with Crippen LogP contribution in [0, 0.1) is 11.6 Å². The number of hydrogen-bond acceptors (Lipinski definition) is 3. The third kappa shape index (κ3) is 4.74. The first-order valence-corrected chi connectivity index (χ1v) is 10.7. The summed E-state index contributed by atoms with van der Waals surface area (Å²) in [6, 6.07) is 19.0. The number of amides is 3. The Morgan fingerprint density at radius 2 is 1.66 bits per heavy atom. The molecular weight excluding hydrogens is 452 g/mol. The zero-order valence-electron chi connectivity index (χ0n) is 18.2. The number of fused-ring (bicyclic) bond motifs is 1. The molecule has 9 heteroatoms.